The van der Waals surface area contributed by atoms with E-state index in [0.29, 0.717) is 0 Å². The number of unbranched alkanes of at least 4 members (excludes halogenated alkanes) is 3. The molecular formula is C12H21BrN2. The second kappa shape index (κ2) is 7.04. The molecule has 0 saturated heterocycles. The molecule has 0 bridgehead atoms. The van der Waals surface area contributed by atoms with Gasteiger partial charge < -0.3 is 4.90 Å². The molecule has 2 nitrogen and oxygen atoms in total. The van der Waals surface area contributed by atoms with Gasteiger partial charge in [-0.2, -0.15) is 0 Å². The Bertz CT molecular complexity index is 246. The molecule has 0 radical (unpaired) electrons. The van der Waals surface area contributed by atoms with Crippen LogP contribution in [0.15, 0.2) is 15.7 Å². The maximum atomic E-state index is 4.41. The first kappa shape index (κ1) is 12.8. The summed E-state index contributed by atoms with van der Waals surface area (Å²) in [6.07, 6.45) is 6.44. The van der Waals surface area contributed by atoms with E-state index in [0.717, 1.165) is 25.3 Å². The van der Waals surface area contributed by atoms with E-state index in [9.17, 15) is 0 Å². The summed E-state index contributed by atoms with van der Waals surface area (Å²) in [6, 6.07) is 0. The largest absolute Gasteiger partial charge is 0.332 e. The minimum atomic E-state index is 0.950. The first-order chi connectivity index (χ1) is 7.29. The summed E-state index contributed by atoms with van der Waals surface area (Å²) in [5.41, 5.74) is 1.38. The van der Waals surface area contributed by atoms with Crippen LogP contribution in [0.25, 0.3) is 0 Å². The van der Waals surface area contributed by atoms with Crippen molar-refractivity contribution >= 4 is 21.8 Å². The summed E-state index contributed by atoms with van der Waals surface area (Å²) in [6.45, 7) is 6.34. The van der Waals surface area contributed by atoms with Gasteiger partial charge in [-0.1, -0.05) is 42.1 Å². The molecule has 0 aromatic rings. The lowest BCUT2D eigenvalue weighted by Crippen LogP contribution is -2.24. The van der Waals surface area contributed by atoms with Crippen LogP contribution in [0.3, 0.4) is 0 Å². The molecule has 0 fully saturated rings. The van der Waals surface area contributed by atoms with Gasteiger partial charge in [0.2, 0.25) is 0 Å². The molecule has 1 rings (SSSR count). The lowest BCUT2D eigenvalue weighted by molar-refractivity contribution is 0.514. The number of allylic oxidation sites excluding steroid dienone is 1. The Kier molecular flexibility index (Phi) is 5.99. The lowest BCUT2D eigenvalue weighted by atomic mass is 10.1. The van der Waals surface area contributed by atoms with E-state index in [4.69, 9.17) is 0 Å². The fourth-order valence-electron chi connectivity index (χ4n) is 1.89. The highest BCUT2D eigenvalue weighted by atomic mass is 79.9. The normalized spacial score (nSPS) is 17.1. The van der Waals surface area contributed by atoms with Crippen LogP contribution in [0, 0.1) is 0 Å². The number of hydrogen-bond acceptors (Lipinski definition) is 2. The van der Waals surface area contributed by atoms with Crippen molar-refractivity contribution in [2.75, 3.05) is 13.1 Å². The van der Waals surface area contributed by atoms with Crippen LogP contribution in [0.2, 0.25) is 0 Å². The third-order valence-corrected chi connectivity index (χ3v) is 3.34. The summed E-state index contributed by atoms with van der Waals surface area (Å²) in [5.74, 6) is 1.16. The maximum Gasteiger partial charge on any atom is 0.100 e. The SMILES string of the molecule is CCCCCC/C(=C/Br)N1CCN=C1C. The number of halogens is 1. The number of nitrogens with zero attached hydrogens (tertiary/aromatic N) is 2. The van der Waals surface area contributed by atoms with E-state index in [1.807, 2.05) is 0 Å². The Balaban J connectivity index is 2.33. The molecule has 0 spiro atoms. The van der Waals surface area contributed by atoms with Crippen LogP contribution in [-0.4, -0.2) is 23.8 Å². The molecule has 0 aromatic heterocycles. The zero-order valence-corrected chi connectivity index (χ0v) is 11.4. The van der Waals surface area contributed by atoms with Crippen LogP contribution in [0.4, 0.5) is 0 Å². The Morgan fingerprint density at radius 2 is 2.27 bits per heavy atom. The van der Waals surface area contributed by atoms with Crippen molar-refractivity contribution in [3.8, 4) is 0 Å². The molecule has 0 amide bonds. The average molecular weight is 273 g/mol. The predicted octanol–water partition coefficient (Wildman–Crippen LogP) is 3.93. The molecule has 0 N–H and O–H groups in total. The molecule has 1 aliphatic rings. The molecule has 0 atom stereocenters. The van der Waals surface area contributed by atoms with Crippen LogP contribution in [0.5, 0.6) is 0 Å². The predicted molar refractivity (Wildman–Crippen MR) is 70.5 cm³/mol. The van der Waals surface area contributed by atoms with E-state index in [-0.39, 0.29) is 0 Å². The fourth-order valence-corrected chi connectivity index (χ4v) is 2.37. The summed E-state index contributed by atoms with van der Waals surface area (Å²) in [5, 5.41) is 0. The van der Waals surface area contributed by atoms with Gasteiger partial charge in [0, 0.05) is 17.2 Å². The monoisotopic (exact) mass is 272 g/mol. The molecule has 1 heterocycles. The summed E-state index contributed by atoms with van der Waals surface area (Å²) in [7, 11) is 0. The zero-order valence-electron chi connectivity index (χ0n) is 9.80. The van der Waals surface area contributed by atoms with E-state index >= 15 is 0 Å². The van der Waals surface area contributed by atoms with Gasteiger partial charge in [-0.15, -0.1) is 0 Å². The van der Waals surface area contributed by atoms with Crippen molar-refractivity contribution < 1.29 is 0 Å². The molecule has 0 unspecified atom stereocenters. The second-order valence-electron chi connectivity index (χ2n) is 3.99. The van der Waals surface area contributed by atoms with Gasteiger partial charge in [0.1, 0.15) is 5.84 Å². The van der Waals surface area contributed by atoms with Gasteiger partial charge in [0.15, 0.2) is 0 Å². The lowest BCUT2D eigenvalue weighted by Gasteiger charge is -2.21. The molecular weight excluding hydrogens is 252 g/mol. The Morgan fingerprint density at radius 3 is 2.80 bits per heavy atom. The highest BCUT2D eigenvalue weighted by Crippen LogP contribution is 2.19. The van der Waals surface area contributed by atoms with Crippen molar-refractivity contribution in [3.05, 3.63) is 10.7 Å². The number of aliphatic imine (C=N–C) groups is 1. The third kappa shape index (κ3) is 3.98. The van der Waals surface area contributed by atoms with Crippen molar-refractivity contribution in [1.82, 2.24) is 4.90 Å². The van der Waals surface area contributed by atoms with E-state index < -0.39 is 0 Å². The van der Waals surface area contributed by atoms with Gasteiger partial charge in [0.05, 0.1) is 6.54 Å². The van der Waals surface area contributed by atoms with Crippen molar-refractivity contribution in [1.29, 1.82) is 0 Å². The maximum absolute atomic E-state index is 4.41. The van der Waals surface area contributed by atoms with Gasteiger partial charge >= 0.3 is 0 Å². The first-order valence-electron chi connectivity index (χ1n) is 5.87. The fraction of sp³-hybridized carbons (Fsp3) is 0.750. The van der Waals surface area contributed by atoms with Gasteiger partial charge in [-0.05, 0) is 19.8 Å². The van der Waals surface area contributed by atoms with E-state index in [1.165, 1.54) is 31.4 Å². The molecule has 3 heteroatoms. The van der Waals surface area contributed by atoms with E-state index in [2.05, 4.69) is 44.7 Å². The third-order valence-electron chi connectivity index (χ3n) is 2.81. The topological polar surface area (TPSA) is 15.6 Å². The van der Waals surface area contributed by atoms with Crippen molar-refractivity contribution in [2.24, 2.45) is 4.99 Å². The summed E-state index contributed by atoms with van der Waals surface area (Å²) < 4.78 is 0. The van der Waals surface area contributed by atoms with E-state index in [1.54, 1.807) is 0 Å². The van der Waals surface area contributed by atoms with Crippen LogP contribution >= 0.6 is 15.9 Å². The highest BCUT2D eigenvalue weighted by Gasteiger charge is 2.15. The smallest absolute Gasteiger partial charge is 0.100 e. The van der Waals surface area contributed by atoms with Crippen LogP contribution in [-0.2, 0) is 0 Å². The Morgan fingerprint density at radius 1 is 1.47 bits per heavy atom. The number of rotatable bonds is 6. The second-order valence-corrected chi connectivity index (χ2v) is 4.45. The van der Waals surface area contributed by atoms with Crippen molar-refractivity contribution in [2.45, 2.75) is 46.0 Å². The Hall–Kier alpha value is -0.310. The minimum Gasteiger partial charge on any atom is -0.332 e. The minimum absolute atomic E-state index is 0.950. The molecule has 1 aliphatic heterocycles. The van der Waals surface area contributed by atoms with Crippen LogP contribution in [0.1, 0.15) is 46.0 Å². The Labute approximate surface area is 102 Å². The quantitative estimate of drug-likeness (QED) is 0.669. The standard InChI is InChI=1S/C12H21BrN2/c1-3-4-5-6-7-12(10-13)15-9-8-14-11(15)2/h10H,3-9H2,1-2H3/b12-10-. The average Bonchev–Trinajstić information content (AvgIpc) is 2.65. The molecule has 86 valence electrons. The van der Waals surface area contributed by atoms with Gasteiger partial charge in [0.25, 0.3) is 0 Å². The molecule has 0 aliphatic carbocycles. The summed E-state index contributed by atoms with van der Waals surface area (Å²) in [4.78, 5) is 8.79. The molecule has 0 aromatic carbocycles. The van der Waals surface area contributed by atoms with Gasteiger partial charge in [-0.3, -0.25) is 4.99 Å². The summed E-state index contributed by atoms with van der Waals surface area (Å²) >= 11 is 3.46. The number of hydrogen-bond donors (Lipinski definition) is 0. The van der Waals surface area contributed by atoms with Crippen molar-refractivity contribution in [3.63, 3.8) is 0 Å². The first-order valence-corrected chi connectivity index (χ1v) is 6.79. The zero-order chi connectivity index (χ0) is 11.1. The number of amidine groups is 1. The van der Waals surface area contributed by atoms with Crippen LogP contribution < -0.4 is 0 Å². The van der Waals surface area contributed by atoms with Gasteiger partial charge in [-0.25, -0.2) is 0 Å². The highest BCUT2D eigenvalue weighted by molar-refractivity contribution is 9.11. The molecule has 15 heavy (non-hydrogen) atoms. The molecule has 0 saturated carbocycles.